The van der Waals surface area contributed by atoms with E-state index in [4.69, 9.17) is 0 Å². The minimum atomic E-state index is -3.39. The highest BCUT2D eigenvalue weighted by Crippen LogP contribution is 2.26. The van der Waals surface area contributed by atoms with E-state index in [9.17, 15) is 8.42 Å². The van der Waals surface area contributed by atoms with Crippen LogP contribution in [-0.4, -0.2) is 22.0 Å². The Hall–Kier alpha value is -0.430. The monoisotopic (exact) mass is 290 g/mol. The summed E-state index contributed by atoms with van der Waals surface area (Å²) in [5, 5.41) is 3.03. The van der Waals surface area contributed by atoms with E-state index in [1.165, 1.54) is 11.3 Å². The quantitative estimate of drug-likeness (QED) is 0.873. The van der Waals surface area contributed by atoms with Gasteiger partial charge in [0.25, 0.3) is 0 Å². The van der Waals surface area contributed by atoms with Gasteiger partial charge in [-0.1, -0.05) is 20.8 Å². The van der Waals surface area contributed by atoms with Crippen molar-refractivity contribution < 1.29 is 8.42 Å². The van der Waals surface area contributed by atoms with Crippen LogP contribution in [0.5, 0.6) is 0 Å². The lowest BCUT2D eigenvalue weighted by molar-refractivity contribution is 0.407. The number of hydrogen-bond donors (Lipinski definition) is 2. The van der Waals surface area contributed by atoms with Crippen molar-refractivity contribution in [2.24, 2.45) is 5.41 Å². The van der Waals surface area contributed by atoms with Gasteiger partial charge < -0.3 is 5.32 Å². The number of sulfonamides is 1. The molecule has 0 aromatic carbocycles. The largest absolute Gasteiger partial charge is 0.315 e. The van der Waals surface area contributed by atoms with Crippen LogP contribution in [0.4, 0.5) is 0 Å². The van der Waals surface area contributed by atoms with Crippen LogP contribution in [0.25, 0.3) is 0 Å². The van der Waals surface area contributed by atoms with E-state index in [1.807, 2.05) is 34.7 Å². The highest BCUT2D eigenvalue weighted by Gasteiger charge is 2.22. The molecule has 1 heterocycles. The van der Waals surface area contributed by atoms with Crippen molar-refractivity contribution in [1.29, 1.82) is 0 Å². The van der Waals surface area contributed by atoms with Gasteiger partial charge in [-0.25, -0.2) is 13.1 Å². The number of thiophene rings is 1. The molecule has 0 fully saturated rings. The van der Waals surface area contributed by atoms with Crippen molar-refractivity contribution in [2.45, 2.75) is 39.1 Å². The van der Waals surface area contributed by atoms with Gasteiger partial charge in [0.05, 0.1) is 4.90 Å². The minimum absolute atomic E-state index is 0.0647. The van der Waals surface area contributed by atoms with E-state index in [0.717, 1.165) is 9.75 Å². The molecule has 0 aliphatic heterocycles. The first-order chi connectivity index (χ1) is 8.15. The molecule has 0 radical (unpaired) electrons. The molecule has 104 valence electrons. The van der Waals surface area contributed by atoms with Crippen LogP contribution in [0.3, 0.4) is 0 Å². The fraction of sp³-hybridized carbons (Fsp3) is 0.667. The fourth-order valence-electron chi connectivity index (χ4n) is 1.44. The maximum Gasteiger partial charge on any atom is 0.241 e. The topological polar surface area (TPSA) is 58.2 Å². The molecular weight excluding hydrogens is 268 g/mol. The second-order valence-corrected chi connectivity index (χ2v) is 8.62. The van der Waals surface area contributed by atoms with E-state index in [2.05, 4.69) is 10.0 Å². The van der Waals surface area contributed by atoms with Gasteiger partial charge in [-0.05, 0) is 25.5 Å². The molecule has 6 heteroatoms. The predicted octanol–water partition coefficient (Wildman–Crippen LogP) is 2.10. The second-order valence-electron chi connectivity index (χ2n) is 5.55. The number of aryl methyl sites for hydroxylation is 1. The summed E-state index contributed by atoms with van der Waals surface area (Å²) >= 11 is 1.52. The summed E-state index contributed by atoms with van der Waals surface area (Å²) in [5.74, 6) is 0. The molecule has 1 rings (SSSR count). The standard InChI is InChI=1S/C12H22N2O2S2/c1-9-11(6-10(17-9)7-13-5)18(15,16)14-8-12(2,3)4/h6,13-14H,7-8H2,1-5H3. The van der Waals surface area contributed by atoms with E-state index < -0.39 is 10.0 Å². The molecular formula is C12H22N2O2S2. The van der Waals surface area contributed by atoms with Crippen molar-refractivity contribution in [3.05, 3.63) is 15.8 Å². The molecule has 0 aliphatic rings. The predicted molar refractivity (Wildman–Crippen MR) is 76.5 cm³/mol. The molecule has 0 unspecified atom stereocenters. The third-order valence-electron chi connectivity index (χ3n) is 2.36. The van der Waals surface area contributed by atoms with Gasteiger partial charge in [0, 0.05) is 22.8 Å². The molecule has 0 saturated carbocycles. The molecule has 0 saturated heterocycles. The summed E-state index contributed by atoms with van der Waals surface area (Å²) in [6.07, 6.45) is 0. The van der Waals surface area contributed by atoms with Gasteiger partial charge in [-0.2, -0.15) is 0 Å². The summed E-state index contributed by atoms with van der Waals surface area (Å²) in [7, 11) is -1.54. The molecule has 1 aromatic heterocycles. The summed E-state index contributed by atoms with van der Waals surface area (Å²) in [4.78, 5) is 2.27. The molecule has 1 aromatic rings. The normalized spacial score (nSPS) is 12.9. The van der Waals surface area contributed by atoms with Crippen LogP contribution < -0.4 is 10.0 Å². The van der Waals surface area contributed by atoms with Gasteiger partial charge in [0.15, 0.2) is 0 Å². The zero-order valence-corrected chi connectivity index (χ0v) is 13.3. The van der Waals surface area contributed by atoms with Gasteiger partial charge >= 0.3 is 0 Å². The van der Waals surface area contributed by atoms with Crippen LogP contribution in [0, 0.1) is 12.3 Å². The van der Waals surface area contributed by atoms with Crippen LogP contribution >= 0.6 is 11.3 Å². The zero-order valence-electron chi connectivity index (χ0n) is 11.6. The Labute approximate surface area is 114 Å². The molecule has 4 nitrogen and oxygen atoms in total. The Balaban J connectivity index is 2.91. The first-order valence-electron chi connectivity index (χ1n) is 5.89. The van der Waals surface area contributed by atoms with E-state index in [0.29, 0.717) is 18.0 Å². The second kappa shape index (κ2) is 5.69. The summed E-state index contributed by atoms with van der Waals surface area (Å²) in [5.41, 5.74) is -0.0647. The summed E-state index contributed by atoms with van der Waals surface area (Å²) in [6.45, 7) is 8.98. The average Bonchev–Trinajstić information content (AvgIpc) is 2.57. The van der Waals surface area contributed by atoms with Gasteiger partial charge in [-0.15, -0.1) is 11.3 Å². The highest BCUT2D eigenvalue weighted by molar-refractivity contribution is 7.89. The van der Waals surface area contributed by atoms with Gasteiger partial charge in [0.2, 0.25) is 10.0 Å². The molecule has 2 N–H and O–H groups in total. The van der Waals surface area contributed by atoms with Crippen LogP contribution in [0.2, 0.25) is 0 Å². The fourth-order valence-corrected chi connectivity index (χ4v) is 4.37. The van der Waals surface area contributed by atoms with Crippen molar-refractivity contribution in [1.82, 2.24) is 10.0 Å². The van der Waals surface area contributed by atoms with Crippen LogP contribution in [-0.2, 0) is 16.6 Å². The zero-order chi connectivity index (χ0) is 14.0. The van der Waals surface area contributed by atoms with E-state index >= 15 is 0 Å². The van der Waals surface area contributed by atoms with Crippen LogP contribution in [0.15, 0.2) is 11.0 Å². The third-order valence-corrected chi connectivity index (χ3v) is 5.06. The lowest BCUT2D eigenvalue weighted by atomic mass is 9.98. The minimum Gasteiger partial charge on any atom is -0.315 e. The Morgan fingerprint density at radius 2 is 1.94 bits per heavy atom. The number of nitrogens with one attached hydrogen (secondary N) is 2. The van der Waals surface area contributed by atoms with Crippen molar-refractivity contribution in [3.8, 4) is 0 Å². The first-order valence-corrected chi connectivity index (χ1v) is 8.19. The Bertz CT molecular complexity index is 499. The summed E-state index contributed by atoms with van der Waals surface area (Å²) in [6, 6.07) is 1.75. The third kappa shape index (κ3) is 4.35. The molecule has 0 atom stereocenters. The van der Waals surface area contributed by atoms with E-state index in [-0.39, 0.29) is 5.41 Å². The summed E-state index contributed by atoms with van der Waals surface area (Å²) < 4.78 is 27.1. The number of hydrogen-bond acceptors (Lipinski definition) is 4. The van der Waals surface area contributed by atoms with Crippen molar-refractivity contribution >= 4 is 21.4 Å². The first kappa shape index (κ1) is 15.6. The SMILES string of the molecule is CNCc1cc(S(=O)(=O)NCC(C)(C)C)c(C)s1. The Morgan fingerprint density at radius 3 is 2.44 bits per heavy atom. The van der Waals surface area contributed by atoms with Crippen molar-refractivity contribution in [2.75, 3.05) is 13.6 Å². The average molecular weight is 290 g/mol. The van der Waals surface area contributed by atoms with Crippen molar-refractivity contribution in [3.63, 3.8) is 0 Å². The molecule has 0 spiro atoms. The molecule has 0 bridgehead atoms. The lowest BCUT2D eigenvalue weighted by Crippen LogP contribution is -2.32. The molecule has 0 aliphatic carbocycles. The smallest absolute Gasteiger partial charge is 0.241 e. The molecule has 18 heavy (non-hydrogen) atoms. The molecule has 0 amide bonds. The Morgan fingerprint density at radius 1 is 1.33 bits per heavy atom. The maximum absolute atomic E-state index is 12.2. The van der Waals surface area contributed by atoms with Gasteiger partial charge in [0.1, 0.15) is 0 Å². The maximum atomic E-state index is 12.2. The van der Waals surface area contributed by atoms with Crippen LogP contribution in [0.1, 0.15) is 30.5 Å². The lowest BCUT2D eigenvalue weighted by Gasteiger charge is -2.18. The van der Waals surface area contributed by atoms with E-state index in [1.54, 1.807) is 6.07 Å². The van der Waals surface area contributed by atoms with Gasteiger partial charge in [-0.3, -0.25) is 0 Å². The Kier molecular flexibility index (Phi) is 4.94. The number of rotatable bonds is 5. The highest BCUT2D eigenvalue weighted by atomic mass is 32.2.